The zero-order valence-corrected chi connectivity index (χ0v) is 13.5. The minimum absolute atomic E-state index is 0.0902. The second-order valence-electron chi connectivity index (χ2n) is 5.30. The molecule has 2 aromatic heterocycles. The number of fused-ring (bicyclic) bond motifs is 1. The second kappa shape index (κ2) is 5.58. The summed E-state index contributed by atoms with van der Waals surface area (Å²) in [7, 11) is 0. The molecule has 0 spiro atoms. The van der Waals surface area contributed by atoms with Crippen molar-refractivity contribution in [2.75, 3.05) is 0 Å². The molecule has 0 radical (unpaired) electrons. The van der Waals surface area contributed by atoms with Gasteiger partial charge in [0.15, 0.2) is 5.70 Å². The first-order chi connectivity index (χ1) is 11.6. The van der Waals surface area contributed by atoms with Gasteiger partial charge in [-0.1, -0.05) is 24.3 Å². The number of rotatable bonds is 2. The summed E-state index contributed by atoms with van der Waals surface area (Å²) in [6, 6.07) is 11.3. The fraction of sp³-hybridized carbons (Fsp3) is 0.0556. The molecule has 5 nitrogen and oxygen atoms in total. The molecule has 1 aliphatic rings. The number of cyclic esters (lactones) is 1. The van der Waals surface area contributed by atoms with Crippen LogP contribution in [-0.2, 0) is 9.53 Å². The summed E-state index contributed by atoms with van der Waals surface area (Å²) in [5, 5.41) is 2.78. The SMILES string of the molecule is CC(=O)n1cc(C=C2N=C(c3cccs3)OC2=O)c2ccccc21. The van der Waals surface area contributed by atoms with Crippen molar-refractivity contribution in [1.82, 2.24) is 4.57 Å². The van der Waals surface area contributed by atoms with Crippen molar-refractivity contribution >= 4 is 46.1 Å². The maximum absolute atomic E-state index is 12.1. The van der Waals surface area contributed by atoms with Crippen LogP contribution in [0.5, 0.6) is 0 Å². The molecule has 0 saturated heterocycles. The zero-order chi connectivity index (χ0) is 16.7. The lowest BCUT2D eigenvalue weighted by Gasteiger charge is -1.96. The molecule has 0 N–H and O–H groups in total. The minimum Gasteiger partial charge on any atom is -0.401 e. The fourth-order valence-corrected chi connectivity index (χ4v) is 3.29. The number of hydrogen-bond donors (Lipinski definition) is 0. The van der Waals surface area contributed by atoms with E-state index in [2.05, 4.69) is 4.99 Å². The summed E-state index contributed by atoms with van der Waals surface area (Å²) in [5.74, 6) is -0.262. The number of esters is 1. The Hall–Kier alpha value is -2.99. The molecule has 0 bridgehead atoms. The van der Waals surface area contributed by atoms with Gasteiger partial charge < -0.3 is 4.74 Å². The van der Waals surface area contributed by atoms with Gasteiger partial charge in [-0.25, -0.2) is 9.79 Å². The highest BCUT2D eigenvalue weighted by atomic mass is 32.1. The predicted octanol–water partition coefficient (Wildman–Crippen LogP) is 3.71. The number of benzene rings is 1. The third-order valence-corrected chi connectivity index (χ3v) is 4.58. The normalized spacial score (nSPS) is 15.8. The summed E-state index contributed by atoms with van der Waals surface area (Å²) in [6.07, 6.45) is 3.37. The Morgan fingerprint density at radius 1 is 1.25 bits per heavy atom. The Kier molecular flexibility index (Phi) is 3.39. The molecule has 0 unspecified atom stereocenters. The highest BCUT2D eigenvalue weighted by Crippen LogP contribution is 2.26. The van der Waals surface area contributed by atoms with E-state index in [1.807, 2.05) is 41.8 Å². The standard InChI is InChI=1S/C18H12N2O3S/c1-11(21)20-10-12(13-5-2-3-6-15(13)20)9-14-18(22)23-17(19-14)16-7-4-8-24-16/h2-10H,1H3. The molecular formula is C18H12N2O3S. The highest BCUT2D eigenvalue weighted by Gasteiger charge is 2.25. The van der Waals surface area contributed by atoms with Crippen LogP contribution >= 0.6 is 11.3 Å². The Balaban J connectivity index is 1.83. The molecule has 1 aliphatic heterocycles. The van der Waals surface area contributed by atoms with Gasteiger partial charge in [-0.2, -0.15) is 0 Å². The van der Waals surface area contributed by atoms with E-state index < -0.39 is 5.97 Å². The van der Waals surface area contributed by atoms with Gasteiger partial charge in [0, 0.05) is 24.1 Å². The smallest absolute Gasteiger partial charge is 0.363 e. The van der Waals surface area contributed by atoms with Gasteiger partial charge in [-0.05, 0) is 23.6 Å². The van der Waals surface area contributed by atoms with Crippen LogP contribution in [0.1, 0.15) is 22.2 Å². The van der Waals surface area contributed by atoms with Gasteiger partial charge in [-0.15, -0.1) is 11.3 Å². The van der Waals surface area contributed by atoms with Crippen molar-refractivity contribution < 1.29 is 14.3 Å². The fourth-order valence-electron chi connectivity index (χ4n) is 2.64. The number of para-hydroxylation sites is 1. The molecule has 4 rings (SSSR count). The van der Waals surface area contributed by atoms with Gasteiger partial charge in [0.2, 0.25) is 11.8 Å². The average molecular weight is 336 g/mol. The Morgan fingerprint density at radius 3 is 2.83 bits per heavy atom. The molecule has 24 heavy (non-hydrogen) atoms. The van der Waals surface area contributed by atoms with Crippen LogP contribution in [0.4, 0.5) is 0 Å². The molecule has 0 atom stereocenters. The first-order valence-corrected chi connectivity index (χ1v) is 8.19. The molecule has 0 saturated carbocycles. The van der Waals surface area contributed by atoms with Crippen molar-refractivity contribution in [3.63, 3.8) is 0 Å². The van der Waals surface area contributed by atoms with Gasteiger partial charge in [0.1, 0.15) is 0 Å². The Bertz CT molecular complexity index is 1030. The lowest BCUT2D eigenvalue weighted by molar-refractivity contribution is -0.129. The van der Waals surface area contributed by atoms with Crippen molar-refractivity contribution in [3.8, 4) is 0 Å². The molecule has 3 aromatic rings. The Morgan fingerprint density at radius 2 is 2.08 bits per heavy atom. The van der Waals surface area contributed by atoms with E-state index >= 15 is 0 Å². The summed E-state index contributed by atoms with van der Waals surface area (Å²) in [5.41, 5.74) is 1.78. The number of thiophene rings is 1. The molecule has 6 heteroatoms. The van der Waals surface area contributed by atoms with E-state index in [-0.39, 0.29) is 11.6 Å². The summed E-state index contributed by atoms with van der Waals surface area (Å²) >= 11 is 1.46. The van der Waals surface area contributed by atoms with Gasteiger partial charge in [0.05, 0.1) is 10.4 Å². The largest absolute Gasteiger partial charge is 0.401 e. The van der Waals surface area contributed by atoms with Crippen molar-refractivity contribution in [3.05, 3.63) is 64.1 Å². The quantitative estimate of drug-likeness (QED) is 0.529. The summed E-state index contributed by atoms with van der Waals surface area (Å²) in [4.78, 5) is 29.0. The van der Waals surface area contributed by atoms with E-state index in [9.17, 15) is 9.59 Å². The third-order valence-electron chi connectivity index (χ3n) is 3.73. The number of carbonyl (C=O) groups excluding carboxylic acids is 2. The number of aromatic nitrogens is 1. The number of nitrogens with zero attached hydrogens (tertiary/aromatic N) is 2. The first kappa shape index (κ1) is 14.6. The van der Waals surface area contributed by atoms with Gasteiger partial charge in [0.25, 0.3) is 0 Å². The van der Waals surface area contributed by atoms with Crippen LogP contribution in [0, 0.1) is 0 Å². The van der Waals surface area contributed by atoms with E-state index in [0.29, 0.717) is 5.90 Å². The molecule has 0 fully saturated rings. The van der Waals surface area contributed by atoms with E-state index in [1.54, 1.807) is 16.8 Å². The molecule has 0 amide bonds. The van der Waals surface area contributed by atoms with Crippen molar-refractivity contribution in [1.29, 1.82) is 0 Å². The molecule has 118 valence electrons. The van der Waals surface area contributed by atoms with Crippen LogP contribution in [0.3, 0.4) is 0 Å². The van der Waals surface area contributed by atoms with Crippen molar-refractivity contribution in [2.24, 2.45) is 4.99 Å². The summed E-state index contributed by atoms with van der Waals surface area (Å²) < 4.78 is 6.80. The van der Waals surface area contributed by atoms with Gasteiger partial charge in [-0.3, -0.25) is 9.36 Å². The number of ether oxygens (including phenoxy) is 1. The minimum atomic E-state index is -0.488. The van der Waals surface area contributed by atoms with Crippen molar-refractivity contribution in [2.45, 2.75) is 6.92 Å². The zero-order valence-electron chi connectivity index (χ0n) is 12.7. The van der Waals surface area contributed by atoms with Crippen LogP contribution in [0.2, 0.25) is 0 Å². The second-order valence-corrected chi connectivity index (χ2v) is 6.25. The van der Waals surface area contributed by atoms with E-state index in [0.717, 1.165) is 21.3 Å². The summed E-state index contributed by atoms with van der Waals surface area (Å²) in [6.45, 7) is 1.50. The lowest BCUT2D eigenvalue weighted by atomic mass is 10.1. The number of hydrogen-bond acceptors (Lipinski definition) is 5. The average Bonchev–Trinajstić information content (AvgIpc) is 3.28. The topological polar surface area (TPSA) is 60.7 Å². The van der Waals surface area contributed by atoms with Crippen LogP contribution in [0.25, 0.3) is 17.0 Å². The maximum Gasteiger partial charge on any atom is 0.363 e. The monoisotopic (exact) mass is 336 g/mol. The van der Waals surface area contributed by atoms with Crippen LogP contribution in [-0.4, -0.2) is 22.3 Å². The number of aliphatic imine (C=N–C) groups is 1. The van der Waals surface area contributed by atoms with Gasteiger partial charge >= 0.3 is 5.97 Å². The van der Waals surface area contributed by atoms with Crippen LogP contribution in [0.15, 0.2) is 58.7 Å². The molecule has 1 aromatic carbocycles. The Labute approximate surface area is 141 Å². The first-order valence-electron chi connectivity index (χ1n) is 7.31. The highest BCUT2D eigenvalue weighted by molar-refractivity contribution is 7.12. The number of carbonyl (C=O) groups is 2. The predicted molar refractivity (Wildman–Crippen MR) is 93.2 cm³/mol. The lowest BCUT2D eigenvalue weighted by Crippen LogP contribution is -2.03. The molecule has 0 aliphatic carbocycles. The van der Waals surface area contributed by atoms with E-state index in [4.69, 9.17) is 4.74 Å². The molecular weight excluding hydrogens is 324 g/mol. The van der Waals surface area contributed by atoms with E-state index in [1.165, 1.54) is 18.3 Å². The third kappa shape index (κ3) is 2.37. The maximum atomic E-state index is 12.1. The van der Waals surface area contributed by atoms with Crippen LogP contribution < -0.4 is 0 Å². The molecule has 3 heterocycles.